The molecule has 3 heterocycles. The van der Waals surface area contributed by atoms with Gasteiger partial charge in [-0.05, 0) is 31.0 Å². The van der Waals surface area contributed by atoms with Crippen molar-refractivity contribution < 1.29 is 17.9 Å². The van der Waals surface area contributed by atoms with Crippen LogP contribution in [0.15, 0.2) is 51.9 Å². The molecule has 0 bridgehead atoms. The van der Waals surface area contributed by atoms with Crippen LogP contribution in [0, 0.1) is 5.92 Å². The largest absolute Gasteiger partial charge is 0.461 e. The average Bonchev–Trinajstić information content (AvgIpc) is 2.99. The number of likely N-dealkylation sites (tertiary alicyclic amines) is 1. The van der Waals surface area contributed by atoms with Crippen LogP contribution < -0.4 is 0 Å². The Balaban J connectivity index is 1.36. The number of piperidine rings is 1. The first-order valence-corrected chi connectivity index (χ1v) is 10.7. The third-order valence-electron chi connectivity index (χ3n) is 4.91. The number of rotatable bonds is 3. The number of fused-ring (bicyclic) bond motifs is 1. The minimum absolute atomic E-state index is 0.154. The van der Waals surface area contributed by atoms with Gasteiger partial charge in [-0.25, -0.2) is 4.98 Å². The third-order valence-corrected chi connectivity index (χ3v) is 6.46. The molecule has 1 aromatic heterocycles. The van der Waals surface area contributed by atoms with Gasteiger partial charge in [0.2, 0.25) is 0 Å². The molecule has 2 aliphatic heterocycles. The molecule has 1 aromatic carbocycles. The van der Waals surface area contributed by atoms with Gasteiger partial charge in [-0.15, -0.1) is 4.40 Å². The molecule has 9 heteroatoms. The lowest BCUT2D eigenvalue weighted by Crippen LogP contribution is -2.40. The normalized spacial score (nSPS) is 18.5. The predicted molar refractivity (Wildman–Crippen MR) is 104 cm³/mol. The molecule has 2 aliphatic rings. The van der Waals surface area contributed by atoms with E-state index in [1.807, 2.05) is 4.90 Å². The fourth-order valence-corrected chi connectivity index (χ4v) is 4.75. The highest BCUT2D eigenvalue weighted by Gasteiger charge is 2.34. The predicted octanol–water partition coefficient (Wildman–Crippen LogP) is 2.64. The van der Waals surface area contributed by atoms with Crippen LogP contribution in [0.25, 0.3) is 0 Å². The van der Waals surface area contributed by atoms with Crippen molar-refractivity contribution in [2.24, 2.45) is 10.3 Å². The summed E-state index contributed by atoms with van der Waals surface area (Å²) in [7, 11) is -3.64. The number of hydrogen-bond acceptors (Lipinski definition) is 6. The summed E-state index contributed by atoms with van der Waals surface area (Å²) in [6, 6.07) is 10.2. The van der Waals surface area contributed by atoms with E-state index >= 15 is 0 Å². The number of pyridine rings is 1. The number of amidine groups is 1. The Morgan fingerprint density at radius 3 is 2.64 bits per heavy atom. The number of hydrogen-bond donors (Lipinski definition) is 0. The smallest absolute Gasteiger partial charge is 0.309 e. The van der Waals surface area contributed by atoms with Crippen LogP contribution >= 0.6 is 11.6 Å². The molecule has 0 saturated carbocycles. The van der Waals surface area contributed by atoms with Gasteiger partial charge in [-0.2, -0.15) is 8.42 Å². The van der Waals surface area contributed by atoms with Crippen molar-refractivity contribution in [1.82, 2.24) is 9.88 Å². The van der Waals surface area contributed by atoms with E-state index in [0.29, 0.717) is 42.5 Å². The number of aromatic nitrogens is 1. The van der Waals surface area contributed by atoms with Crippen molar-refractivity contribution in [3.63, 3.8) is 0 Å². The molecule has 1 saturated heterocycles. The summed E-state index contributed by atoms with van der Waals surface area (Å²) < 4.78 is 33.8. The SMILES string of the molecule is O=C(OCc1ccc(Cl)nc1)C1CCN(C2=NS(=O)(=O)c3ccccc32)CC1. The zero-order chi connectivity index (χ0) is 19.7. The maximum Gasteiger partial charge on any atom is 0.309 e. The molecule has 0 unspecified atom stereocenters. The molecule has 0 N–H and O–H groups in total. The van der Waals surface area contributed by atoms with E-state index in [-0.39, 0.29) is 23.4 Å². The van der Waals surface area contributed by atoms with E-state index in [1.165, 1.54) is 0 Å². The molecule has 0 amide bonds. The molecule has 7 nitrogen and oxygen atoms in total. The van der Waals surface area contributed by atoms with Gasteiger partial charge in [0, 0.05) is 30.4 Å². The van der Waals surface area contributed by atoms with E-state index in [4.69, 9.17) is 16.3 Å². The van der Waals surface area contributed by atoms with Crippen molar-refractivity contribution in [3.05, 3.63) is 58.9 Å². The lowest BCUT2D eigenvalue weighted by molar-refractivity contribution is -0.151. The fourth-order valence-electron chi connectivity index (χ4n) is 3.41. The van der Waals surface area contributed by atoms with Crippen LogP contribution in [0.5, 0.6) is 0 Å². The molecule has 0 aliphatic carbocycles. The van der Waals surface area contributed by atoms with Crippen molar-refractivity contribution in [2.75, 3.05) is 13.1 Å². The van der Waals surface area contributed by atoms with Crippen LogP contribution in [0.1, 0.15) is 24.0 Å². The van der Waals surface area contributed by atoms with Crippen molar-refractivity contribution in [1.29, 1.82) is 0 Å². The van der Waals surface area contributed by atoms with E-state index in [2.05, 4.69) is 9.38 Å². The summed E-state index contributed by atoms with van der Waals surface area (Å²) in [5.41, 5.74) is 1.40. The number of sulfonamides is 1. The van der Waals surface area contributed by atoms with Crippen LogP contribution in [0.4, 0.5) is 0 Å². The summed E-state index contributed by atoms with van der Waals surface area (Å²) in [6.07, 6.45) is 2.74. The maximum atomic E-state index is 12.4. The van der Waals surface area contributed by atoms with Crippen LogP contribution in [-0.4, -0.2) is 43.2 Å². The number of carbonyl (C=O) groups is 1. The minimum atomic E-state index is -3.64. The highest BCUT2D eigenvalue weighted by Crippen LogP contribution is 2.30. The van der Waals surface area contributed by atoms with Gasteiger partial charge < -0.3 is 9.64 Å². The van der Waals surface area contributed by atoms with E-state index in [0.717, 1.165) is 5.56 Å². The maximum absolute atomic E-state index is 12.4. The Morgan fingerprint density at radius 1 is 1.18 bits per heavy atom. The van der Waals surface area contributed by atoms with E-state index in [9.17, 15) is 13.2 Å². The number of nitrogens with zero attached hydrogens (tertiary/aromatic N) is 3. The summed E-state index contributed by atoms with van der Waals surface area (Å²) in [6.45, 7) is 1.25. The van der Waals surface area contributed by atoms with Gasteiger partial charge in [0.05, 0.1) is 5.92 Å². The Hall–Kier alpha value is -2.45. The lowest BCUT2D eigenvalue weighted by atomic mass is 9.96. The lowest BCUT2D eigenvalue weighted by Gasteiger charge is -2.32. The quantitative estimate of drug-likeness (QED) is 0.561. The monoisotopic (exact) mass is 419 g/mol. The first kappa shape index (κ1) is 18.9. The zero-order valence-corrected chi connectivity index (χ0v) is 16.5. The van der Waals surface area contributed by atoms with Gasteiger partial charge >= 0.3 is 5.97 Å². The van der Waals surface area contributed by atoms with Gasteiger partial charge in [-0.3, -0.25) is 4.79 Å². The molecule has 2 aromatic rings. The second kappa shape index (κ2) is 7.52. The van der Waals surface area contributed by atoms with Gasteiger partial charge in [0.25, 0.3) is 10.0 Å². The van der Waals surface area contributed by atoms with E-state index in [1.54, 1.807) is 42.6 Å². The highest BCUT2D eigenvalue weighted by molar-refractivity contribution is 7.90. The molecule has 146 valence electrons. The molecule has 0 radical (unpaired) electrons. The fraction of sp³-hybridized carbons (Fsp3) is 0.316. The Kier molecular flexibility index (Phi) is 5.07. The number of carbonyl (C=O) groups excluding carboxylic acids is 1. The molecular formula is C19H18ClN3O4S. The first-order valence-electron chi connectivity index (χ1n) is 8.90. The van der Waals surface area contributed by atoms with Crippen molar-refractivity contribution >= 4 is 33.4 Å². The van der Waals surface area contributed by atoms with Gasteiger partial charge in [-0.1, -0.05) is 29.8 Å². The standard InChI is InChI=1S/C19H18ClN3O4S/c20-17-6-5-13(11-21-17)12-27-19(24)14-7-9-23(10-8-14)18-15-3-1-2-4-16(15)28(25,26)22-18/h1-6,11,14H,7-10,12H2. The second-order valence-corrected chi connectivity index (χ2v) is 8.70. The molecule has 28 heavy (non-hydrogen) atoms. The molecule has 0 atom stereocenters. The third kappa shape index (κ3) is 3.74. The summed E-state index contributed by atoms with van der Waals surface area (Å²) >= 11 is 5.74. The van der Waals surface area contributed by atoms with Crippen LogP contribution in [-0.2, 0) is 26.2 Å². The summed E-state index contributed by atoms with van der Waals surface area (Å²) in [5.74, 6) is -0.00370. The van der Waals surface area contributed by atoms with Gasteiger partial charge in [0.1, 0.15) is 16.7 Å². The highest BCUT2D eigenvalue weighted by atomic mass is 35.5. The minimum Gasteiger partial charge on any atom is -0.461 e. The zero-order valence-electron chi connectivity index (χ0n) is 14.9. The van der Waals surface area contributed by atoms with Gasteiger partial charge in [0.15, 0.2) is 5.84 Å². The van der Waals surface area contributed by atoms with Crippen LogP contribution in [0.3, 0.4) is 0 Å². The number of benzene rings is 1. The summed E-state index contributed by atoms with van der Waals surface area (Å²) in [5, 5.41) is 0.390. The second-order valence-electron chi connectivity index (χ2n) is 6.74. The Bertz CT molecular complexity index is 1030. The topological polar surface area (TPSA) is 88.9 Å². The Morgan fingerprint density at radius 2 is 1.93 bits per heavy atom. The van der Waals surface area contributed by atoms with Crippen LogP contribution in [0.2, 0.25) is 5.15 Å². The first-order chi connectivity index (χ1) is 13.4. The van der Waals surface area contributed by atoms with Crippen molar-refractivity contribution in [2.45, 2.75) is 24.3 Å². The number of esters is 1. The molecule has 1 fully saturated rings. The molecular weight excluding hydrogens is 402 g/mol. The number of halogens is 1. The molecule has 4 rings (SSSR count). The van der Waals surface area contributed by atoms with Crippen molar-refractivity contribution in [3.8, 4) is 0 Å². The van der Waals surface area contributed by atoms with E-state index < -0.39 is 10.0 Å². The molecule has 0 spiro atoms. The average molecular weight is 420 g/mol. The summed E-state index contributed by atoms with van der Waals surface area (Å²) in [4.78, 5) is 18.5. The number of ether oxygens (including phenoxy) is 1. The Labute approximate surface area is 168 Å².